The summed E-state index contributed by atoms with van der Waals surface area (Å²) >= 11 is 0. The molecule has 4 saturated carbocycles. The Morgan fingerprint density at radius 3 is 2.29 bits per heavy atom. The highest BCUT2D eigenvalue weighted by Gasteiger charge is 2.59. The summed E-state index contributed by atoms with van der Waals surface area (Å²) < 4.78 is 15.7. The molecule has 7 nitrogen and oxygen atoms in total. The van der Waals surface area contributed by atoms with Crippen LogP contribution in [0.15, 0.2) is 18.2 Å². The quantitative estimate of drug-likeness (QED) is 0.505. The van der Waals surface area contributed by atoms with E-state index in [0.29, 0.717) is 41.3 Å². The lowest BCUT2D eigenvalue weighted by atomic mass is 9.51. The SMILES string of the molecule is Cc1cc(N(C(=O)C(=O)c2c(C)c(C(N)=O)c(C)n2C)C23CC4CC(C2)C(O)C(C4)C3)ccc1F. The molecular weight excluding hydrogens is 449 g/mol. The van der Waals surface area contributed by atoms with Gasteiger partial charge in [-0.2, -0.15) is 0 Å². The fraction of sp³-hybridized carbons (Fsp3) is 0.519. The van der Waals surface area contributed by atoms with Gasteiger partial charge >= 0.3 is 5.91 Å². The number of nitrogens with zero attached hydrogens (tertiary/aromatic N) is 2. The standard InChI is InChI=1S/C27H32FN3O4/c1-13-7-19(5-6-20(13)28)31(27-10-16-8-17(11-27)23(32)18(9-16)12-27)26(35)24(33)22-14(2)21(25(29)34)15(3)30(22)4/h5-7,16-18,23,32H,8-12H2,1-4H3,(H2,29,34). The smallest absolute Gasteiger partial charge is 0.301 e. The zero-order valence-corrected chi connectivity index (χ0v) is 20.6. The minimum absolute atomic E-state index is 0.0775. The maximum absolute atomic E-state index is 14.2. The Labute approximate surface area is 204 Å². The molecule has 4 fully saturated rings. The fourth-order valence-electron chi connectivity index (χ4n) is 7.47. The van der Waals surface area contributed by atoms with Gasteiger partial charge < -0.3 is 15.4 Å². The van der Waals surface area contributed by atoms with E-state index in [0.717, 1.165) is 19.3 Å². The molecule has 2 atom stereocenters. The average Bonchev–Trinajstić information content (AvgIpc) is 3.01. The van der Waals surface area contributed by atoms with E-state index < -0.39 is 29.2 Å². The number of hydrogen-bond acceptors (Lipinski definition) is 4. The minimum atomic E-state index is -0.723. The second kappa shape index (κ2) is 8.01. The third-order valence-electron chi connectivity index (χ3n) is 8.85. The van der Waals surface area contributed by atoms with Crippen molar-refractivity contribution in [2.75, 3.05) is 4.90 Å². The zero-order chi connectivity index (χ0) is 25.4. The molecule has 2 unspecified atom stereocenters. The van der Waals surface area contributed by atoms with Gasteiger partial charge in [0.25, 0.3) is 11.7 Å². The van der Waals surface area contributed by atoms with Crippen LogP contribution in [0.1, 0.15) is 69.8 Å². The van der Waals surface area contributed by atoms with Crippen molar-refractivity contribution in [2.24, 2.45) is 30.5 Å². The number of benzene rings is 1. The Hall–Kier alpha value is -3.00. The van der Waals surface area contributed by atoms with Crippen LogP contribution in [-0.4, -0.2) is 38.9 Å². The van der Waals surface area contributed by atoms with Gasteiger partial charge in [0.05, 0.1) is 17.4 Å². The number of aryl methyl sites for hydroxylation is 1. The zero-order valence-electron chi connectivity index (χ0n) is 20.6. The predicted molar refractivity (Wildman–Crippen MR) is 129 cm³/mol. The summed E-state index contributed by atoms with van der Waals surface area (Å²) in [4.78, 5) is 41.6. The number of carbonyl (C=O) groups excluding carboxylic acids is 3. The van der Waals surface area contributed by atoms with Crippen molar-refractivity contribution < 1.29 is 23.9 Å². The highest BCUT2D eigenvalue weighted by atomic mass is 19.1. The molecule has 2 amide bonds. The Bertz CT molecular complexity index is 1250. The van der Waals surface area contributed by atoms with Gasteiger partial charge in [-0.1, -0.05) is 0 Å². The van der Waals surface area contributed by atoms with Crippen LogP contribution in [0, 0.1) is 44.3 Å². The lowest BCUT2D eigenvalue weighted by Crippen LogP contribution is -2.66. The number of aromatic nitrogens is 1. The highest BCUT2D eigenvalue weighted by molar-refractivity contribution is 6.47. The third-order valence-corrected chi connectivity index (χ3v) is 8.85. The molecule has 1 aromatic heterocycles. The molecule has 186 valence electrons. The number of aliphatic hydroxyl groups excluding tert-OH is 1. The van der Waals surface area contributed by atoms with Gasteiger partial charge in [0.2, 0.25) is 0 Å². The summed E-state index contributed by atoms with van der Waals surface area (Å²) in [6.45, 7) is 4.95. The van der Waals surface area contributed by atoms with Crippen LogP contribution in [0.3, 0.4) is 0 Å². The molecule has 1 aromatic carbocycles. The molecule has 3 N–H and O–H groups in total. The number of halogens is 1. The van der Waals surface area contributed by atoms with E-state index in [1.165, 1.54) is 6.07 Å². The van der Waals surface area contributed by atoms with Crippen LogP contribution in [-0.2, 0) is 11.8 Å². The molecule has 6 rings (SSSR count). The van der Waals surface area contributed by atoms with Crippen molar-refractivity contribution in [2.45, 2.75) is 64.5 Å². The first-order valence-electron chi connectivity index (χ1n) is 12.2. The molecular formula is C27H32FN3O4. The van der Waals surface area contributed by atoms with Gasteiger partial charge in [-0.15, -0.1) is 0 Å². The summed E-state index contributed by atoms with van der Waals surface area (Å²) in [5.74, 6) is -1.92. The molecule has 0 aliphatic heterocycles. The molecule has 4 bridgehead atoms. The average molecular weight is 482 g/mol. The Morgan fingerprint density at radius 1 is 1.11 bits per heavy atom. The lowest BCUT2D eigenvalue weighted by Gasteiger charge is -2.61. The van der Waals surface area contributed by atoms with Crippen molar-refractivity contribution in [1.82, 2.24) is 4.57 Å². The van der Waals surface area contributed by atoms with Gasteiger partial charge in [-0.05, 0) is 100.0 Å². The van der Waals surface area contributed by atoms with E-state index in [4.69, 9.17) is 5.73 Å². The summed E-state index contributed by atoms with van der Waals surface area (Å²) in [7, 11) is 1.64. The Morgan fingerprint density at radius 2 is 1.74 bits per heavy atom. The lowest BCUT2D eigenvalue weighted by molar-refractivity contribution is -0.125. The number of hydrogen-bond donors (Lipinski definition) is 2. The summed E-state index contributed by atoms with van der Waals surface area (Å²) in [6, 6.07) is 4.50. The number of nitrogens with two attached hydrogens (primary N) is 1. The first kappa shape index (κ1) is 23.7. The summed E-state index contributed by atoms with van der Waals surface area (Å²) in [6.07, 6.45) is 3.42. The second-order valence-electron chi connectivity index (χ2n) is 10.9. The van der Waals surface area contributed by atoms with Crippen molar-refractivity contribution in [1.29, 1.82) is 0 Å². The minimum Gasteiger partial charge on any atom is -0.393 e. The van der Waals surface area contributed by atoms with E-state index in [-0.39, 0.29) is 28.9 Å². The van der Waals surface area contributed by atoms with Gasteiger partial charge in [0, 0.05) is 24.0 Å². The maximum atomic E-state index is 14.2. The number of Topliss-reactive ketones (excluding diaryl/α,β-unsaturated/α-hetero) is 1. The molecule has 0 radical (unpaired) electrons. The number of anilines is 1. The van der Waals surface area contributed by atoms with Gasteiger partial charge in [-0.3, -0.25) is 19.3 Å². The molecule has 2 aromatic rings. The molecule has 4 aliphatic rings. The third kappa shape index (κ3) is 3.44. The van der Waals surface area contributed by atoms with E-state index in [1.54, 1.807) is 49.4 Å². The molecule has 1 heterocycles. The number of aliphatic hydroxyl groups is 1. The van der Waals surface area contributed by atoms with Crippen molar-refractivity contribution in [3.8, 4) is 0 Å². The summed E-state index contributed by atoms with van der Waals surface area (Å²) in [5, 5.41) is 10.8. The Balaban J connectivity index is 1.63. The normalized spacial score (nSPS) is 28.9. The molecule has 35 heavy (non-hydrogen) atoms. The van der Waals surface area contributed by atoms with E-state index in [9.17, 15) is 23.9 Å². The van der Waals surface area contributed by atoms with Crippen LogP contribution >= 0.6 is 0 Å². The van der Waals surface area contributed by atoms with Crippen LogP contribution < -0.4 is 10.6 Å². The second-order valence-corrected chi connectivity index (χ2v) is 10.9. The molecule has 8 heteroatoms. The van der Waals surface area contributed by atoms with Gasteiger partial charge in [0.15, 0.2) is 0 Å². The molecule has 0 spiro atoms. The van der Waals surface area contributed by atoms with Crippen LogP contribution in [0.25, 0.3) is 0 Å². The number of ketones is 1. The van der Waals surface area contributed by atoms with Crippen LogP contribution in [0.5, 0.6) is 0 Å². The largest absolute Gasteiger partial charge is 0.393 e. The monoisotopic (exact) mass is 481 g/mol. The number of amides is 2. The first-order valence-corrected chi connectivity index (χ1v) is 12.2. The fourth-order valence-corrected chi connectivity index (χ4v) is 7.47. The van der Waals surface area contributed by atoms with Crippen LogP contribution in [0.4, 0.5) is 10.1 Å². The van der Waals surface area contributed by atoms with Gasteiger partial charge in [-0.25, -0.2) is 4.39 Å². The van der Waals surface area contributed by atoms with E-state index in [2.05, 4.69) is 0 Å². The number of carbonyl (C=O) groups is 3. The van der Waals surface area contributed by atoms with E-state index >= 15 is 0 Å². The topological polar surface area (TPSA) is 106 Å². The number of rotatable bonds is 5. The summed E-state index contributed by atoms with van der Waals surface area (Å²) in [5.41, 5.74) is 7.09. The van der Waals surface area contributed by atoms with Crippen LogP contribution in [0.2, 0.25) is 0 Å². The van der Waals surface area contributed by atoms with Crippen molar-refractivity contribution >= 4 is 23.3 Å². The Kier molecular flexibility index (Phi) is 5.43. The molecule has 0 saturated heterocycles. The van der Waals surface area contributed by atoms with E-state index in [1.807, 2.05) is 0 Å². The highest BCUT2D eigenvalue weighted by Crippen LogP contribution is 2.58. The first-order chi connectivity index (χ1) is 16.4. The molecule has 4 aliphatic carbocycles. The van der Waals surface area contributed by atoms with Gasteiger partial charge in [0.1, 0.15) is 5.82 Å². The number of primary amides is 1. The van der Waals surface area contributed by atoms with Crippen molar-refractivity contribution in [3.05, 3.63) is 52.1 Å². The maximum Gasteiger partial charge on any atom is 0.301 e. The van der Waals surface area contributed by atoms with Crippen molar-refractivity contribution in [3.63, 3.8) is 0 Å². The predicted octanol–water partition coefficient (Wildman–Crippen LogP) is 3.34.